The molecule has 9 heteroatoms. The quantitative estimate of drug-likeness (QED) is 0.803. The summed E-state index contributed by atoms with van der Waals surface area (Å²) in [6, 6.07) is -0.542. The molecule has 3 rings (SSSR count). The highest BCUT2D eigenvalue weighted by atomic mass is 32.2. The van der Waals surface area contributed by atoms with Gasteiger partial charge in [0.15, 0.2) is 0 Å². The van der Waals surface area contributed by atoms with Crippen molar-refractivity contribution in [3.05, 3.63) is 5.89 Å². The van der Waals surface area contributed by atoms with Gasteiger partial charge in [-0.05, 0) is 12.8 Å². The first-order chi connectivity index (χ1) is 10.1. The fraction of sp³-hybridized carbons (Fsp3) is 0.667. The Kier molecular flexibility index (Phi) is 4.11. The maximum absolute atomic E-state index is 12.0. The minimum Gasteiger partial charge on any atom is -0.480 e. The molecule has 0 aromatic carbocycles. The van der Waals surface area contributed by atoms with Gasteiger partial charge in [-0.1, -0.05) is 5.10 Å². The number of nitrogens with one attached hydrogen (secondary N) is 1. The number of anilines is 1. The fourth-order valence-electron chi connectivity index (χ4n) is 2.18. The predicted molar refractivity (Wildman–Crippen MR) is 75.2 cm³/mol. The van der Waals surface area contributed by atoms with E-state index >= 15 is 0 Å². The Balaban J connectivity index is 1.55. The average Bonchev–Trinajstić information content (AvgIpc) is 3.20. The van der Waals surface area contributed by atoms with E-state index < -0.39 is 12.0 Å². The third-order valence-corrected chi connectivity index (χ3v) is 4.51. The van der Waals surface area contributed by atoms with E-state index in [1.54, 1.807) is 16.7 Å². The van der Waals surface area contributed by atoms with Crippen LogP contribution < -0.4 is 5.32 Å². The molecular weight excluding hydrogens is 296 g/mol. The van der Waals surface area contributed by atoms with Crippen molar-refractivity contribution in [2.24, 2.45) is 0 Å². The van der Waals surface area contributed by atoms with Gasteiger partial charge in [0.1, 0.15) is 6.04 Å². The third kappa shape index (κ3) is 3.53. The molecule has 0 spiro atoms. The number of nitrogens with zero attached hydrogens (tertiary/aromatic N) is 3. The molecule has 2 N–H and O–H groups in total. The molecule has 1 aliphatic carbocycles. The van der Waals surface area contributed by atoms with Gasteiger partial charge in [-0.3, -0.25) is 19.8 Å². The van der Waals surface area contributed by atoms with Gasteiger partial charge < -0.3 is 9.52 Å². The molecule has 2 aliphatic rings. The van der Waals surface area contributed by atoms with Crippen molar-refractivity contribution in [1.82, 2.24) is 15.1 Å². The summed E-state index contributed by atoms with van der Waals surface area (Å²) in [5.41, 5.74) is 0. The summed E-state index contributed by atoms with van der Waals surface area (Å²) >= 11 is 1.58. The lowest BCUT2D eigenvalue weighted by molar-refractivity contribution is -0.142. The summed E-state index contributed by atoms with van der Waals surface area (Å²) in [6.45, 7) is 0.588. The topological polar surface area (TPSA) is 109 Å². The maximum Gasteiger partial charge on any atom is 0.322 e. The Morgan fingerprint density at radius 1 is 1.43 bits per heavy atom. The number of carboxylic acids is 1. The predicted octanol–water partition coefficient (Wildman–Crippen LogP) is 0.387. The highest BCUT2D eigenvalue weighted by Crippen LogP contribution is 2.39. The molecule has 1 aromatic rings. The summed E-state index contributed by atoms with van der Waals surface area (Å²) in [5.74, 6) is 0.975. The number of amides is 1. The Morgan fingerprint density at radius 3 is 2.95 bits per heavy atom. The van der Waals surface area contributed by atoms with Crippen LogP contribution >= 0.6 is 11.8 Å². The first kappa shape index (κ1) is 14.3. The van der Waals surface area contributed by atoms with Crippen molar-refractivity contribution in [1.29, 1.82) is 0 Å². The summed E-state index contributed by atoms with van der Waals surface area (Å²) in [5, 5.41) is 19.3. The van der Waals surface area contributed by atoms with Crippen LogP contribution in [0.3, 0.4) is 0 Å². The Bertz CT molecular complexity index is 545. The van der Waals surface area contributed by atoms with Crippen LogP contribution in [0.25, 0.3) is 0 Å². The summed E-state index contributed by atoms with van der Waals surface area (Å²) in [4.78, 5) is 24.8. The normalized spacial score (nSPS) is 23.0. The summed E-state index contributed by atoms with van der Waals surface area (Å²) in [6.07, 6.45) is 2.09. The average molecular weight is 312 g/mol. The molecule has 114 valence electrons. The number of rotatable bonds is 5. The van der Waals surface area contributed by atoms with E-state index in [2.05, 4.69) is 15.5 Å². The highest BCUT2D eigenvalue weighted by Gasteiger charge is 2.31. The number of aliphatic carboxylic acids is 1. The maximum atomic E-state index is 12.0. The van der Waals surface area contributed by atoms with Gasteiger partial charge >= 0.3 is 12.0 Å². The van der Waals surface area contributed by atoms with Crippen LogP contribution in [0.1, 0.15) is 24.7 Å². The largest absolute Gasteiger partial charge is 0.480 e. The van der Waals surface area contributed by atoms with Gasteiger partial charge in [-0.25, -0.2) is 0 Å². The fourth-order valence-corrected chi connectivity index (χ4v) is 3.29. The van der Waals surface area contributed by atoms with E-state index in [0.717, 1.165) is 18.6 Å². The van der Waals surface area contributed by atoms with Crippen LogP contribution in [-0.4, -0.2) is 62.7 Å². The lowest BCUT2D eigenvalue weighted by Crippen LogP contribution is -2.50. The van der Waals surface area contributed by atoms with Gasteiger partial charge in [0, 0.05) is 24.0 Å². The monoisotopic (exact) mass is 312 g/mol. The first-order valence-corrected chi connectivity index (χ1v) is 7.97. The Morgan fingerprint density at radius 2 is 2.24 bits per heavy atom. The van der Waals surface area contributed by atoms with Crippen LogP contribution in [-0.2, 0) is 9.59 Å². The van der Waals surface area contributed by atoms with E-state index in [-0.39, 0.29) is 18.5 Å². The molecule has 1 atom stereocenters. The Hall–Kier alpha value is -1.61. The zero-order valence-electron chi connectivity index (χ0n) is 11.3. The molecule has 2 fully saturated rings. The van der Waals surface area contributed by atoms with Crippen LogP contribution in [0.5, 0.6) is 0 Å². The standard InChI is InChI=1S/C12H16N4O4S/c17-9(5-16-3-4-21-6-8(16)11(18)19)13-12-15-14-10(20-12)7-1-2-7/h7-8H,1-6H2,(H,18,19)(H,13,15,17). The molecule has 1 aliphatic heterocycles. The molecule has 1 amide bonds. The van der Waals surface area contributed by atoms with Crippen molar-refractivity contribution in [3.8, 4) is 0 Å². The molecule has 1 saturated carbocycles. The number of carbonyl (C=O) groups excluding carboxylic acids is 1. The van der Waals surface area contributed by atoms with Gasteiger partial charge in [0.2, 0.25) is 11.8 Å². The summed E-state index contributed by atoms with van der Waals surface area (Å²) < 4.78 is 5.35. The first-order valence-electron chi connectivity index (χ1n) is 6.81. The lowest BCUT2D eigenvalue weighted by Gasteiger charge is -2.31. The van der Waals surface area contributed by atoms with Crippen molar-refractivity contribution in [2.45, 2.75) is 24.8 Å². The highest BCUT2D eigenvalue weighted by molar-refractivity contribution is 7.99. The summed E-state index contributed by atoms with van der Waals surface area (Å²) in [7, 11) is 0. The molecule has 0 radical (unpaired) electrons. The van der Waals surface area contributed by atoms with Crippen LogP contribution in [0.2, 0.25) is 0 Å². The smallest absolute Gasteiger partial charge is 0.322 e. The zero-order chi connectivity index (χ0) is 14.8. The molecule has 2 heterocycles. The minimum absolute atomic E-state index is 0.0126. The molecule has 1 unspecified atom stereocenters. The van der Waals surface area contributed by atoms with Crippen molar-refractivity contribution in [2.75, 3.05) is 29.9 Å². The molecule has 1 saturated heterocycles. The van der Waals surface area contributed by atoms with Crippen LogP contribution in [0.15, 0.2) is 4.42 Å². The van der Waals surface area contributed by atoms with Crippen LogP contribution in [0.4, 0.5) is 6.01 Å². The second kappa shape index (κ2) is 6.02. The minimum atomic E-state index is -0.899. The zero-order valence-corrected chi connectivity index (χ0v) is 12.1. The van der Waals surface area contributed by atoms with Gasteiger partial charge in [0.25, 0.3) is 0 Å². The molecule has 1 aromatic heterocycles. The lowest BCUT2D eigenvalue weighted by atomic mass is 10.2. The number of aromatic nitrogens is 2. The second-order valence-electron chi connectivity index (χ2n) is 5.17. The molecule has 21 heavy (non-hydrogen) atoms. The second-order valence-corrected chi connectivity index (χ2v) is 6.32. The number of thioether (sulfide) groups is 1. The van der Waals surface area contributed by atoms with E-state index in [1.165, 1.54) is 0 Å². The van der Waals surface area contributed by atoms with E-state index in [0.29, 0.717) is 24.1 Å². The van der Waals surface area contributed by atoms with Crippen molar-refractivity contribution < 1.29 is 19.1 Å². The van der Waals surface area contributed by atoms with E-state index in [1.807, 2.05) is 0 Å². The van der Waals surface area contributed by atoms with Crippen molar-refractivity contribution >= 4 is 29.7 Å². The third-order valence-electron chi connectivity index (χ3n) is 3.48. The number of hydrogen-bond acceptors (Lipinski definition) is 7. The Labute approximate surface area is 125 Å². The number of carboxylic acid groups (broad SMARTS) is 1. The number of hydrogen-bond donors (Lipinski definition) is 2. The van der Waals surface area contributed by atoms with Crippen molar-refractivity contribution in [3.63, 3.8) is 0 Å². The van der Waals surface area contributed by atoms with Gasteiger partial charge in [-0.2, -0.15) is 11.8 Å². The molecule has 0 bridgehead atoms. The van der Waals surface area contributed by atoms with E-state index in [9.17, 15) is 9.59 Å². The molecule has 8 nitrogen and oxygen atoms in total. The number of carbonyl (C=O) groups is 2. The molecular formula is C12H16N4O4S. The van der Waals surface area contributed by atoms with Gasteiger partial charge in [0.05, 0.1) is 6.54 Å². The SMILES string of the molecule is O=C(CN1CCSCC1C(=O)O)Nc1nnc(C2CC2)o1. The van der Waals surface area contributed by atoms with E-state index in [4.69, 9.17) is 9.52 Å². The van der Waals surface area contributed by atoms with Crippen LogP contribution in [0, 0.1) is 0 Å². The van der Waals surface area contributed by atoms with Gasteiger partial charge in [-0.15, -0.1) is 5.10 Å².